The van der Waals surface area contributed by atoms with Crippen molar-refractivity contribution in [2.45, 2.75) is 13.8 Å². The van der Waals surface area contributed by atoms with Crippen LogP contribution in [0.5, 0.6) is 5.75 Å². The summed E-state index contributed by atoms with van der Waals surface area (Å²) in [6.45, 7) is 2.88. The number of nitro groups is 1. The standard InChI is InChI=1S/C20H19N3O6/c1-12(10-19(25)21-15-6-4-14(5-7-15)13(2)24)20(26)22-16-8-9-18(29-3)17(11-16)23(27)28/h4-11H,1-3H3,(H,21,25)(H,22,26)/b12-10-. The van der Waals surface area contributed by atoms with Gasteiger partial charge in [-0.1, -0.05) is 0 Å². The number of nitrogens with one attached hydrogen (secondary N) is 2. The first-order chi connectivity index (χ1) is 13.7. The molecule has 0 aliphatic rings. The second kappa shape index (κ2) is 9.27. The topological polar surface area (TPSA) is 128 Å². The molecule has 0 unspecified atom stereocenters. The van der Waals surface area contributed by atoms with Crippen LogP contribution in [0.1, 0.15) is 24.2 Å². The number of carbonyl (C=O) groups is 3. The molecule has 0 spiro atoms. The quantitative estimate of drug-likeness (QED) is 0.319. The highest BCUT2D eigenvalue weighted by molar-refractivity contribution is 6.10. The lowest BCUT2D eigenvalue weighted by Crippen LogP contribution is -2.16. The van der Waals surface area contributed by atoms with Gasteiger partial charge in [-0.15, -0.1) is 0 Å². The van der Waals surface area contributed by atoms with E-state index in [1.54, 1.807) is 24.3 Å². The summed E-state index contributed by atoms with van der Waals surface area (Å²) in [5.41, 5.74) is 0.980. The highest BCUT2D eigenvalue weighted by atomic mass is 16.6. The molecule has 0 saturated carbocycles. The van der Waals surface area contributed by atoms with Crippen LogP contribution in [0.2, 0.25) is 0 Å². The summed E-state index contributed by atoms with van der Waals surface area (Å²) in [5.74, 6) is -1.15. The summed E-state index contributed by atoms with van der Waals surface area (Å²) in [6, 6.07) is 10.3. The molecule has 9 heteroatoms. The Balaban J connectivity index is 2.06. The van der Waals surface area contributed by atoms with Crippen molar-refractivity contribution in [3.05, 3.63) is 69.8 Å². The molecule has 0 radical (unpaired) electrons. The van der Waals surface area contributed by atoms with Gasteiger partial charge in [-0.2, -0.15) is 0 Å². The van der Waals surface area contributed by atoms with Crippen molar-refractivity contribution < 1.29 is 24.0 Å². The van der Waals surface area contributed by atoms with Gasteiger partial charge in [-0.05, 0) is 50.2 Å². The number of anilines is 2. The molecule has 2 rings (SSSR count). The van der Waals surface area contributed by atoms with E-state index in [2.05, 4.69) is 10.6 Å². The van der Waals surface area contributed by atoms with E-state index in [1.807, 2.05) is 0 Å². The molecule has 150 valence electrons. The number of hydrogen-bond donors (Lipinski definition) is 2. The molecule has 2 N–H and O–H groups in total. The van der Waals surface area contributed by atoms with Crippen LogP contribution < -0.4 is 15.4 Å². The first-order valence-electron chi connectivity index (χ1n) is 8.45. The maximum absolute atomic E-state index is 12.3. The van der Waals surface area contributed by atoms with Crippen molar-refractivity contribution in [1.29, 1.82) is 0 Å². The normalized spacial score (nSPS) is 10.8. The molecule has 2 aromatic carbocycles. The molecule has 0 saturated heterocycles. The molecule has 9 nitrogen and oxygen atoms in total. The van der Waals surface area contributed by atoms with Gasteiger partial charge in [0.1, 0.15) is 0 Å². The number of nitrogens with zero attached hydrogens (tertiary/aromatic N) is 1. The van der Waals surface area contributed by atoms with Gasteiger partial charge in [0.05, 0.1) is 12.0 Å². The van der Waals surface area contributed by atoms with Crippen LogP contribution >= 0.6 is 0 Å². The molecule has 0 atom stereocenters. The highest BCUT2D eigenvalue weighted by Gasteiger charge is 2.16. The van der Waals surface area contributed by atoms with Crippen molar-refractivity contribution in [3.8, 4) is 5.75 Å². The number of nitro benzene ring substituents is 1. The maximum Gasteiger partial charge on any atom is 0.312 e. The van der Waals surface area contributed by atoms with Gasteiger partial charge in [-0.25, -0.2) is 0 Å². The minimum atomic E-state index is -0.623. The summed E-state index contributed by atoms with van der Waals surface area (Å²) in [4.78, 5) is 46.0. The maximum atomic E-state index is 12.3. The van der Waals surface area contributed by atoms with Gasteiger partial charge in [-0.3, -0.25) is 24.5 Å². The molecule has 2 aromatic rings. The van der Waals surface area contributed by atoms with Crippen molar-refractivity contribution in [3.63, 3.8) is 0 Å². The number of methoxy groups -OCH3 is 1. The predicted octanol–water partition coefficient (Wildman–Crippen LogP) is 3.33. The monoisotopic (exact) mass is 397 g/mol. The number of hydrogen-bond acceptors (Lipinski definition) is 6. The van der Waals surface area contributed by atoms with Gasteiger partial charge in [0.2, 0.25) is 5.91 Å². The van der Waals surface area contributed by atoms with Crippen molar-refractivity contribution >= 4 is 34.7 Å². The molecule has 29 heavy (non-hydrogen) atoms. The zero-order valence-corrected chi connectivity index (χ0v) is 16.0. The fourth-order valence-corrected chi connectivity index (χ4v) is 2.37. The zero-order valence-electron chi connectivity index (χ0n) is 16.0. The first-order valence-corrected chi connectivity index (χ1v) is 8.45. The Morgan fingerprint density at radius 1 is 1.00 bits per heavy atom. The zero-order chi connectivity index (χ0) is 21.6. The van der Waals surface area contributed by atoms with Crippen LogP contribution in [0.4, 0.5) is 17.1 Å². The van der Waals surface area contributed by atoms with Crippen molar-refractivity contribution in [2.24, 2.45) is 0 Å². The number of ketones is 1. The average Bonchev–Trinajstić information content (AvgIpc) is 2.68. The Kier molecular flexibility index (Phi) is 6.80. The molecule has 0 heterocycles. The van der Waals surface area contributed by atoms with Crippen LogP contribution in [0.3, 0.4) is 0 Å². The predicted molar refractivity (Wildman–Crippen MR) is 107 cm³/mol. The van der Waals surface area contributed by atoms with E-state index < -0.39 is 16.7 Å². The Bertz CT molecular complexity index is 996. The Morgan fingerprint density at radius 3 is 2.17 bits per heavy atom. The summed E-state index contributed by atoms with van der Waals surface area (Å²) in [7, 11) is 1.31. The lowest BCUT2D eigenvalue weighted by Gasteiger charge is -2.08. The summed E-state index contributed by atoms with van der Waals surface area (Å²) < 4.78 is 4.91. The third-order valence-corrected chi connectivity index (χ3v) is 3.90. The van der Waals surface area contributed by atoms with E-state index in [-0.39, 0.29) is 28.5 Å². The highest BCUT2D eigenvalue weighted by Crippen LogP contribution is 2.29. The van der Waals surface area contributed by atoms with Gasteiger partial charge in [0.15, 0.2) is 11.5 Å². The molecule has 0 fully saturated rings. The average molecular weight is 397 g/mol. The van der Waals surface area contributed by atoms with Crippen molar-refractivity contribution in [2.75, 3.05) is 17.7 Å². The largest absolute Gasteiger partial charge is 0.490 e. The van der Waals surface area contributed by atoms with Crippen LogP contribution in [0, 0.1) is 10.1 Å². The molecule has 0 aromatic heterocycles. The van der Waals surface area contributed by atoms with Crippen LogP contribution in [0.25, 0.3) is 0 Å². The number of Topliss-reactive ketones (excluding diaryl/α,β-unsaturated/α-hetero) is 1. The molecule has 0 bridgehead atoms. The van der Waals surface area contributed by atoms with E-state index >= 15 is 0 Å². The van der Waals surface area contributed by atoms with Gasteiger partial charge in [0, 0.05) is 34.7 Å². The molecular formula is C20H19N3O6. The van der Waals surface area contributed by atoms with E-state index in [0.29, 0.717) is 11.3 Å². The number of amides is 2. The van der Waals surface area contributed by atoms with Gasteiger partial charge >= 0.3 is 5.69 Å². The Labute approximate surface area is 166 Å². The second-order valence-corrected chi connectivity index (χ2v) is 6.05. The second-order valence-electron chi connectivity index (χ2n) is 6.05. The number of benzene rings is 2. The SMILES string of the molecule is COc1ccc(NC(=O)/C(C)=C\C(=O)Nc2ccc(C(C)=O)cc2)cc1[N+](=O)[O-]. The van der Waals surface area contributed by atoms with Gasteiger partial charge < -0.3 is 15.4 Å². The van der Waals surface area contributed by atoms with Crippen molar-refractivity contribution in [1.82, 2.24) is 0 Å². The summed E-state index contributed by atoms with van der Waals surface area (Å²) in [6.07, 6.45) is 1.10. The molecule has 2 amide bonds. The first kappa shape index (κ1) is 21.3. The smallest absolute Gasteiger partial charge is 0.312 e. The fourth-order valence-electron chi connectivity index (χ4n) is 2.37. The summed E-state index contributed by atoms with van der Waals surface area (Å²) in [5, 5.41) is 16.1. The minimum absolute atomic E-state index is 0.0652. The van der Waals surface area contributed by atoms with Crippen LogP contribution in [0.15, 0.2) is 54.1 Å². The molecular weight excluding hydrogens is 378 g/mol. The third kappa shape index (κ3) is 5.73. The van der Waals surface area contributed by atoms with E-state index in [9.17, 15) is 24.5 Å². The van der Waals surface area contributed by atoms with E-state index in [0.717, 1.165) is 6.08 Å². The Hall–Kier alpha value is -4.01. The minimum Gasteiger partial charge on any atom is -0.490 e. The molecule has 0 aliphatic carbocycles. The third-order valence-electron chi connectivity index (χ3n) is 3.90. The Morgan fingerprint density at radius 2 is 1.62 bits per heavy atom. The van der Waals surface area contributed by atoms with Gasteiger partial charge in [0.25, 0.3) is 5.91 Å². The van der Waals surface area contributed by atoms with E-state index in [4.69, 9.17) is 4.74 Å². The summed E-state index contributed by atoms with van der Waals surface area (Å²) >= 11 is 0. The van der Waals surface area contributed by atoms with Crippen LogP contribution in [-0.2, 0) is 9.59 Å². The lowest BCUT2D eigenvalue weighted by molar-refractivity contribution is -0.385. The van der Waals surface area contributed by atoms with E-state index in [1.165, 1.54) is 39.2 Å². The number of rotatable bonds is 7. The van der Waals surface area contributed by atoms with Crippen LogP contribution in [-0.4, -0.2) is 29.6 Å². The number of carbonyl (C=O) groups excluding carboxylic acids is 3. The number of ether oxygens (including phenoxy) is 1. The fraction of sp³-hybridized carbons (Fsp3) is 0.150. The lowest BCUT2D eigenvalue weighted by atomic mass is 10.1. The molecule has 0 aliphatic heterocycles.